The van der Waals surface area contributed by atoms with Gasteiger partial charge < -0.3 is 9.80 Å². The summed E-state index contributed by atoms with van der Waals surface area (Å²) in [5.74, 6) is 0. The van der Waals surface area contributed by atoms with Crippen LogP contribution in [0.5, 0.6) is 0 Å². The van der Waals surface area contributed by atoms with Crippen molar-refractivity contribution >= 4 is 15.7 Å². The lowest BCUT2D eigenvalue weighted by atomic mass is 10.1. The van der Waals surface area contributed by atoms with Crippen LogP contribution in [0.4, 0.5) is 5.69 Å². The molecule has 2 N–H and O–H groups in total. The number of rotatable bonds is 7. The molecule has 6 heteroatoms. The fraction of sp³-hybridized carbons (Fsp3) is 0.429. The molecule has 0 saturated heterocycles. The van der Waals surface area contributed by atoms with Crippen molar-refractivity contribution in [2.45, 2.75) is 31.7 Å². The van der Waals surface area contributed by atoms with Crippen molar-refractivity contribution in [1.82, 2.24) is 4.72 Å². The van der Waals surface area contributed by atoms with E-state index in [2.05, 4.69) is 29.0 Å². The van der Waals surface area contributed by atoms with Crippen molar-refractivity contribution in [2.24, 2.45) is 0 Å². The van der Waals surface area contributed by atoms with E-state index >= 15 is 0 Å². The number of sulfonamides is 1. The Morgan fingerprint density at radius 2 is 1.52 bits per heavy atom. The summed E-state index contributed by atoms with van der Waals surface area (Å²) in [6.07, 6.45) is 0. The molecular weight excluding hydrogens is 358 g/mol. The van der Waals surface area contributed by atoms with Gasteiger partial charge in [0.2, 0.25) is 10.0 Å². The molecule has 2 aromatic rings. The highest BCUT2D eigenvalue weighted by molar-refractivity contribution is 7.89. The van der Waals surface area contributed by atoms with Gasteiger partial charge in [-0.3, -0.25) is 0 Å². The highest BCUT2D eigenvalue weighted by atomic mass is 32.2. The van der Waals surface area contributed by atoms with Crippen molar-refractivity contribution in [1.29, 1.82) is 0 Å². The Morgan fingerprint density at radius 1 is 1.00 bits per heavy atom. The van der Waals surface area contributed by atoms with E-state index in [0.29, 0.717) is 11.4 Å². The quantitative estimate of drug-likeness (QED) is 0.759. The minimum atomic E-state index is -3.57. The third-order valence-electron chi connectivity index (χ3n) is 4.86. The zero-order valence-corrected chi connectivity index (χ0v) is 18.2. The van der Waals surface area contributed by atoms with E-state index in [4.69, 9.17) is 0 Å². The largest absolute Gasteiger partial charge is 0.378 e. The van der Waals surface area contributed by atoms with Crippen LogP contribution in [0, 0.1) is 20.8 Å². The molecule has 2 rings (SSSR count). The zero-order chi connectivity index (χ0) is 20.4. The van der Waals surface area contributed by atoms with Crippen molar-refractivity contribution in [3.8, 4) is 0 Å². The van der Waals surface area contributed by atoms with Crippen LogP contribution < -0.4 is 14.5 Å². The lowest BCUT2D eigenvalue weighted by Gasteiger charge is -2.23. The van der Waals surface area contributed by atoms with Gasteiger partial charge in [0, 0.05) is 25.3 Å². The van der Waals surface area contributed by atoms with Gasteiger partial charge >= 0.3 is 0 Å². The molecule has 0 spiro atoms. The second-order valence-electron chi connectivity index (χ2n) is 7.70. The van der Waals surface area contributed by atoms with Gasteiger partial charge in [-0.1, -0.05) is 29.8 Å². The van der Waals surface area contributed by atoms with Crippen LogP contribution in [-0.2, 0) is 10.0 Å². The number of quaternary nitrogens is 1. The summed E-state index contributed by atoms with van der Waals surface area (Å²) in [5, 5.41) is 0. The van der Waals surface area contributed by atoms with Gasteiger partial charge in [-0.2, -0.15) is 0 Å². The van der Waals surface area contributed by atoms with Crippen LogP contribution in [0.15, 0.2) is 41.3 Å². The topological polar surface area (TPSA) is 53.9 Å². The number of nitrogens with one attached hydrogen (secondary N) is 2. The average Bonchev–Trinajstić information content (AvgIpc) is 2.53. The van der Waals surface area contributed by atoms with Gasteiger partial charge in [0.15, 0.2) is 0 Å². The first-order valence-corrected chi connectivity index (χ1v) is 10.7. The summed E-state index contributed by atoms with van der Waals surface area (Å²) >= 11 is 0. The minimum absolute atomic E-state index is 0.0297. The molecule has 148 valence electrons. The van der Waals surface area contributed by atoms with Crippen LogP contribution in [0.25, 0.3) is 0 Å². The van der Waals surface area contributed by atoms with Gasteiger partial charge in [0.25, 0.3) is 0 Å². The number of nitrogens with zero attached hydrogens (tertiary/aromatic N) is 1. The Kier molecular flexibility index (Phi) is 6.68. The lowest BCUT2D eigenvalue weighted by molar-refractivity contribution is -0.890. The van der Waals surface area contributed by atoms with Gasteiger partial charge in [-0.25, -0.2) is 13.1 Å². The summed E-state index contributed by atoms with van der Waals surface area (Å²) in [6, 6.07) is 12.1. The first-order chi connectivity index (χ1) is 12.5. The number of aryl methyl sites for hydroxylation is 3. The monoisotopic (exact) mass is 390 g/mol. The van der Waals surface area contributed by atoms with E-state index in [1.807, 2.05) is 66.0 Å². The summed E-state index contributed by atoms with van der Waals surface area (Å²) in [4.78, 5) is 3.61. The number of likely N-dealkylation sites (N-methyl/N-ethyl adjacent to an activating group) is 1. The Bertz CT molecular complexity index is 865. The number of anilines is 1. The average molecular weight is 391 g/mol. The molecule has 2 aromatic carbocycles. The van der Waals surface area contributed by atoms with Crippen LogP contribution in [-0.4, -0.2) is 43.2 Å². The van der Waals surface area contributed by atoms with E-state index in [9.17, 15) is 8.42 Å². The molecule has 0 aromatic heterocycles. The Balaban J connectivity index is 2.25. The summed E-state index contributed by atoms with van der Waals surface area (Å²) in [7, 11) is 4.53. The Labute approximate surface area is 164 Å². The molecule has 0 saturated carbocycles. The van der Waals surface area contributed by atoms with E-state index in [1.165, 1.54) is 4.90 Å². The van der Waals surface area contributed by atoms with Crippen molar-refractivity contribution in [3.63, 3.8) is 0 Å². The maximum absolute atomic E-state index is 13.0. The van der Waals surface area contributed by atoms with E-state index in [0.717, 1.165) is 27.9 Å². The van der Waals surface area contributed by atoms with E-state index in [-0.39, 0.29) is 6.04 Å². The van der Waals surface area contributed by atoms with Crippen LogP contribution >= 0.6 is 0 Å². The molecule has 5 nitrogen and oxygen atoms in total. The van der Waals surface area contributed by atoms with Crippen LogP contribution in [0.1, 0.15) is 28.3 Å². The first-order valence-electron chi connectivity index (χ1n) is 9.17. The Hall–Kier alpha value is -1.89. The van der Waals surface area contributed by atoms with Gasteiger partial charge in [0.05, 0.1) is 25.5 Å². The molecule has 0 unspecified atom stereocenters. The lowest BCUT2D eigenvalue weighted by Crippen LogP contribution is -3.07. The maximum atomic E-state index is 13.0. The van der Waals surface area contributed by atoms with Crippen LogP contribution in [0.3, 0.4) is 0 Å². The minimum Gasteiger partial charge on any atom is -0.378 e. The third kappa shape index (κ3) is 5.09. The molecule has 0 fully saturated rings. The Morgan fingerprint density at radius 3 is 1.96 bits per heavy atom. The second kappa shape index (κ2) is 8.42. The number of hydrogen-bond donors (Lipinski definition) is 2. The second-order valence-corrected chi connectivity index (χ2v) is 9.40. The SMILES string of the molecule is Cc1cc(C)c(S(=O)(=O)NC[C@@H](c2ccc(N(C)C)cc2)[NH+](C)C)c(C)c1. The summed E-state index contributed by atoms with van der Waals surface area (Å²) < 4.78 is 28.8. The van der Waals surface area contributed by atoms with E-state index in [1.54, 1.807) is 0 Å². The first kappa shape index (κ1) is 21.4. The maximum Gasteiger partial charge on any atom is 0.241 e. The third-order valence-corrected chi connectivity index (χ3v) is 6.59. The fourth-order valence-corrected chi connectivity index (χ4v) is 5.01. The number of hydrogen-bond acceptors (Lipinski definition) is 3. The van der Waals surface area contributed by atoms with Crippen molar-refractivity contribution < 1.29 is 13.3 Å². The smallest absolute Gasteiger partial charge is 0.241 e. The molecule has 0 bridgehead atoms. The molecule has 0 heterocycles. The fourth-order valence-electron chi connectivity index (χ4n) is 3.52. The predicted octanol–water partition coefficient (Wildman–Crippen LogP) is 1.84. The molecule has 0 amide bonds. The summed E-state index contributed by atoms with van der Waals surface area (Å²) in [5.41, 5.74) is 4.87. The normalized spacial score (nSPS) is 13.0. The zero-order valence-electron chi connectivity index (χ0n) is 17.4. The van der Waals surface area contributed by atoms with Gasteiger partial charge in [0.1, 0.15) is 6.04 Å². The molecular formula is C21H32N3O2S+. The summed E-state index contributed by atoms with van der Waals surface area (Å²) in [6.45, 7) is 6.03. The van der Waals surface area contributed by atoms with Crippen molar-refractivity contribution in [2.75, 3.05) is 39.6 Å². The molecule has 0 aliphatic heterocycles. The van der Waals surface area contributed by atoms with Gasteiger partial charge in [-0.15, -0.1) is 0 Å². The number of benzene rings is 2. The highest BCUT2D eigenvalue weighted by Crippen LogP contribution is 2.22. The molecule has 0 aliphatic carbocycles. The predicted molar refractivity (Wildman–Crippen MR) is 112 cm³/mol. The molecule has 0 aliphatic rings. The molecule has 0 radical (unpaired) electrons. The molecule has 27 heavy (non-hydrogen) atoms. The van der Waals surface area contributed by atoms with Gasteiger partial charge in [-0.05, 0) is 44.0 Å². The van der Waals surface area contributed by atoms with Crippen molar-refractivity contribution in [3.05, 3.63) is 58.7 Å². The molecule has 1 atom stereocenters. The van der Waals surface area contributed by atoms with E-state index < -0.39 is 10.0 Å². The van der Waals surface area contributed by atoms with Crippen LogP contribution in [0.2, 0.25) is 0 Å². The highest BCUT2D eigenvalue weighted by Gasteiger charge is 2.24. The standard InChI is InChI=1S/C21H31N3O2S/c1-15-12-16(2)21(17(3)13-15)27(25,26)22-14-20(24(6)7)18-8-10-19(11-9-18)23(4)5/h8-13,20,22H,14H2,1-7H3/p+1/t20-/m0/s1.